The maximum Gasteiger partial charge on any atom is 0.256 e. The lowest BCUT2D eigenvalue weighted by Gasteiger charge is -2.17. The third kappa shape index (κ3) is 6.56. The number of fused-ring (bicyclic) bond motifs is 1. The molecular weight excluding hydrogens is 500 g/mol. The van der Waals surface area contributed by atoms with Crippen molar-refractivity contribution in [3.8, 4) is 5.75 Å². The number of rotatable bonds is 3. The predicted octanol–water partition coefficient (Wildman–Crippen LogP) is 6.55. The van der Waals surface area contributed by atoms with Crippen molar-refractivity contribution in [1.29, 1.82) is 0 Å². The summed E-state index contributed by atoms with van der Waals surface area (Å²) in [6.07, 6.45) is 5.88. The van der Waals surface area contributed by atoms with E-state index in [1.807, 2.05) is 36.4 Å². The molecule has 2 aliphatic rings. The summed E-state index contributed by atoms with van der Waals surface area (Å²) in [7, 11) is 0. The largest absolute Gasteiger partial charge is 0.508 e. The molecular formula is C22H19Cl4NO3S. The minimum atomic E-state index is -1.69. The molecule has 0 radical (unpaired) electrons. The molecule has 1 aliphatic carbocycles. The van der Waals surface area contributed by atoms with E-state index in [1.54, 1.807) is 24.3 Å². The molecule has 0 bridgehead atoms. The Morgan fingerprint density at radius 1 is 1.06 bits per heavy atom. The highest BCUT2D eigenvalue weighted by Crippen LogP contribution is 2.46. The number of hydrogen-bond donors (Lipinski definition) is 1. The van der Waals surface area contributed by atoms with Gasteiger partial charge in [-0.25, -0.2) is 4.31 Å². The molecule has 2 amide bonds. The molecule has 31 heavy (non-hydrogen) atoms. The van der Waals surface area contributed by atoms with Crippen molar-refractivity contribution in [3.63, 3.8) is 0 Å². The van der Waals surface area contributed by atoms with Gasteiger partial charge in [-0.2, -0.15) is 0 Å². The lowest BCUT2D eigenvalue weighted by Crippen LogP contribution is -2.26. The van der Waals surface area contributed by atoms with E-state index in [9.17, 15) is 14.7 Å². The smallest absolute Gasteiger partial charge is 0.256 e. The maximum absolute atomic E-state index is 11.9. The summed E-state index contributed by atoms with van der Waals surface area (Å²) in [5, 5.41) is 10.3. The van der Waals surface area contributed by atoms with Gasteiger partial charge in [-0.15, -0.1) is 0 Å². The number of allylic oxidation sites excluding steroid dienone is 1. The highest BCUT2D eigenvalue weighted by Gasteiger charge is 2.49. The summed E-state index contributed by atoms with van der Waals surface area (Å²) in [5.74, 6) is -0.903. The molecule has 1 heterocycles. The van der Waals surface area contributed by atoms with Gasteiger partial charge in [-0.3, -0.25) is 9.59 Å². The fourth-order valence-electron chi connectivity index (χ4n) is 3.46. The highest BCUT2D eigenvalue weighted by molar-refractivity contribution is 8.03. The number of phenolic OH excluding ortho intramolecular Hbond substituents is 1. The van der Waals surface area contributed by atoms with Crippen molar-refractivity contribution < 1.29 is 14.7 Å². The van der Waals surface area contributed by atoms with Crippen LogP contribution in [0.2, 0.25) is 5.02 Å². The van der Waals surface area contributed by atoms with Crippen LogP contribution in [0.15, 0.2) is 60.7 Å². The van der Waals surface area contributed by atoms with Crippen LogP contribution in [0.5, 0.6) is 5.75 Å². The van der Waals surface area contributed by atoms with Crippen LogP contribution in [0.1, 0.15) is 24.0 Å². The van der Waals surface area contributed by atoms with E-state index in [2.05, 4.69) is 0 Å². The minimum absolute atomic E-state index is 0.254. The van der Waals surface area contributed by atoms with Crippen molar-refractivity contribution >= 4 is 70.2 Å². The van der Waals surface area contributed by atoms with Gasteiger partial charge >= 0.3 is 0 Å². The Morgan fingerprint density at radius 2 is 1.77 bits per heavy atom. The van der Waals surface area contributed by atoms with Crippen molar-refractivity contribution in [2.75, 3.05) is 0 Å². The van der Waals surface area contributed by atoms with E-state index in [4.69, 9.17) is 46.4 Å². The van der Waals surface area contributed by atoms with Crippen molar-refractivity contribution in [1.82, 2.24) is 4.31 Å². The van der Waals surface area contributed by atoms with Gasteiger partial charge in [0.05, 0.1) is 11.8 Å². The fourth-order valence-corrected chi connectivity index (χ4v) is 4.92. The average Bonchev–Trinajstić information content (AvgIpc) is 2.96. The predicted molar refractivity (Wildman–Crippen MR) is 127 cm³/mol. The number of nitrogens with zero attached hydrogens (tertiary/aromatic N) is 1. The summed E-state index contributed by atoms with van der Waals surface area (Å²) < 4.78 is -0.708. The first-order chi connectivity index (χ1) is 14.7. The van der Waals surface area contributed by atoms with Crippen LogP contribution in [0.4, 0.5) is 0 Å². The average molecular weight is 519 g/mol. The first kappa shape index (κ1) is 24.3. The molecule has 4 rings (SSSR count). The topological polar surface area (TPSA) is 57.6 Å². The Hall–Kier alpha value is -1.37. The van der Waals surface area contributed by atoms with Crippen molar-refractivity contribution in [2.24, 2.45) is 11.8 Å². The molecule has 0 spiro atoms. The van der Waals surface area contributed by atoms with Gasteiger partial charge in [0.25, 0.3) is 3.12 Å². The number of halogens is 4. The van der Waals surface area contributed by atoms with E-state index in [1.165, 1.54) is 0 Å². The number of aromatic hydroxyl groups is 1. The van der Waals surface area contributed by atoms with Crippen LogP contribution in [-0.4, -0.2) is 24.4 Å². The third-order valence-corrected chi connectivity index (χ3v) is 6.50. The monoisotopic (exact) mass is 517 g/mol. The lowest BCUT2D eigenvalue weighted by molar-refractivity contribution is -0.133. The van der Waals surface area contributed by atoms with Gasteiger partial charge in [-0.1, -0.05) is 88.9 Å². The highest BCUT2D eigenvalue weighted by atomic mass is 35.6. The normalized spacial score (nSPS) is 20.3. The van der Waals surface area contributed by atoms with Gasteiger partial charge < -0.3 is 5.11 Å². The number of phenols is 1. The van der Waals surface area contributed by atoms with Crippen molar-refractivity contribution in [2.45, 2.75) is 22.4 Å². The van der Waals surface area contributed by atoms with Crippen LogP contribution >= 0.6 is 58.4 Å². The Bertz CT molecular complexity index is 978. The lowest BCUT2D eigenvalue weighted by atomic mass is 9.86. The summed E-state index contributed by atoms with van der Waals surface area (Å²) in [6.45, 7) is 0. The molecule has 0 saturated carbocycles. The van der Waals surface area contributed by atoms with Gasteiger partial charge in [0, 0.05) is 23.4 Å². The summed E-state index contributed by atoms with van der Waals surface area (Å²) in [5.41, 5.74) is 2.02. The molecule has 1 N–H and O–H groups in total. The van der Waals surface area contributed by atoms with Gasteiger partial charge in [-0.05, 0) is 42.2 Å². The van der Waals surface area contributed by atoms with Crippen molar-refractivity contribution in [3.05, 3.63) is 76.8 Å². The second-order valence-electron chi connectivity index (χ2n) is 7.08. The van der Waals surface area contributed by atoms with Gasteiger partial charge in [0.1, 0.15) is 5.75 Å². The molecule has 2 aromatic carbocycles. The van der Waals surface area contributed by atoms with Crippen LogP contribution < -0.4 is 0 Å². The second kappa shape index (κ2) is 10.5. The van der Waals surface area contributed by atoms with Gasteiger partial charge in [0.15, 0.2) is 0 Å². The van der Waals surface area contributed by atoms with Crippen LogP contribution in [0.3, 0.4) is 0 Å². The molecule has 4 nitrogen and oxygen atoms in total. The van der Waals surface area contributed by atoms with Crippen LogP contribution in [-0.2, 0) is 16.0 Å². The van der Waals surface area contributed by atoms with Gasteiger partial charge in [0.2, 0.25) is 11.8 Å². The minimum Gasteiger partial charge on any atom is -0.508 e. The summed E-state index contributed by atoms with van der Waals surface area (Å²) in [6, 6.07) is 15.1. The number of hydrogen-bond acceptors (Lipinski definition) is 4. The molecule has 2 unspecified atom stereocenters. The summed E-state index contributed by atoms with van der Waals surface area (Å²) in [4.78, 5) is 23.8. The molecule has 1 fully saturated rings. The first-order valence-electron chi connectivity index (χ1n) is 9.47. The number of imide groups is 1. The van der Waals surface area contributed by atoms with E-state index in [0.29, 0.717) is 35.6 Å². The Kier molecular flexibility index (Phi) is 8.22. The number of carbonyl (C=O) groups excluding carboxylic acids is 2. The zero-order chi connectivity index (χ0) is 22.6. The number of benzene rings is 2. The van der Waals surface area contributed by atoms with Crippen LogP contribution in [0, 0.1) is 11.8 Å². The van der Waals surface area contributed by atoms with E-state index >= 15 is 0 Å². The standard InChI is InChI=1S/C13H11ClO.C9H8Cl3NO2S/c14-12-6-7-13(15)11(9-12)8-10-4-2-1-3-5-10;10-9(11,12)16-13-7(14)5-3-1-2-4-6(5)8(13)15/h1-7,9,15H,8H2;1,3,5-6H,2,4H2. The SMILES string of the molecule is O=C1C2C=CCCC2C(=O)N1SC(Cl)(Cl)Cl.Oc1ccc(Cl)cc1Cc1ccccc1. The first-order valence-corrected chi connectivity index (χ1v) is 11.8. The number of carbonyl (C=O) groups is 2. The fraction of sp³-hybridized carbons (Fsp3) is 0.273. The molecule has 9 heteroatoms. The quantitative estimate of drug-likeness (QED) is 0.216. The maximum atomic E-state index is 11.9. The van der Waals surface area contributed by atoms with E-state index in [-0.39, 0.29) is 23.7 Å². The Morgan fingerprint density at radius 3 is 2.42 bits per heavy atom. The Labute approximate surface area is 205 Å². The van der Waals surface area contributed by atoms with E-state index in [0.717, 1.165) is 21.9 Å². The molecule has 164 valence electrons. The third-order valence-electron chi connectivity index (χ3n) is 4.90. The second-order valence-corrected chi connectivity index (χ2v) is 11.6. The molecule has 0 aromatic heterocycles. The zero-order valence-corrected chi connectivity index (χ0v) is 20.0. The summed E-state index contributed by atoms with van der Waals surface area (Å²) >= 11 is 23.2. The zero-order valence-electron chi connectivity index (χ0n) is 16.2. The number of amides is 2. The molecule has 1 aliphatic heterocycles. The Balaban J connectivity index is 0.000000176. The molecule has 2 atom stereocenters. The van der Waals surface area contributed by atoms with Crippen LogP contribution in [0.25, 0.3) is 0 Å². The number of alkyl halides is 3. The molecule has 1 saturated heterocycles. The van der Waals surface area contributed by atoms with E-state index < -0.39 is 3.12 Å². The molecule has 2 aromatic rings.